The molecule has 0 spiro atoms. The van der Waals surface area contributed by atoms with Crippen molar-refractivity contribution in [3.8, 4) is 6.07 Å². The molecule has 0 aromatic heterocycles. The molecule has 3 aromatic rings. The Bertz CT molecular complexity index is 1140. The molecule has 0 bridgehead atoms. The maximum Gasteiger partial charge on any atom is 0.266 e. The molecule has 0 aliphatic heterocycles. The van der Waals surface area contributed by atoms with Crippen LogP contribution in [-0.4, -0.2) is 5.91 Å². The highest BCUT2D eigenvalue weighted by molar-refractivity contribution is 9.10. The van der Waals surface area contributed by atoms with Gasteiger partial charge < -0.3 is 5.32 Å². The van der Waals surface area contributed by atoms with Crippen LogP contribution in [0, 0.1) is 31.0 Å². The predicted molar refractivity (Wildman–Crippen MR) is 121 cm³/mol. The van der Waals surface area contributed by atoms with E-state index in [0.717, 1.165) is 15.6 Å². The lowest BCUT2D eigenvalue weighted by molar-refractivity contribution is -0.112. The number of hydrogen-bond donors (Lipinski definition) is 1. The van der Waals surface area contributed by atoms with Gasteiger partial charge in [-0.3, -0.25) is 4.79 Å². The zero-order valence-electron chi connectivity index (χ0n) is 16.7. The lowest BCUT2D eigenvalue weighted by Gasteiger charge is -2.10. The molecule has 3 aromatic carbocycles. The molecule has 0 radical (unpaired) electrons. The van der Waals surface area contributed by atoms with Crippen molar-refractivity contribution in [3.05, 3.63) is 104 Å². The summed E-state index contributed by atoms with van der Waals surface area (Å²) in [5.74, 6) is -0.935. The Morgan fingerprint density at radius 3 is 2.37 bits per heavy atom. The van der Waals surface area contributed by atoms with Crippen molar-refractivity contribution in [1.82, 2.24) is 0 Å². The van der Waals surface area contributed by atoms with Crippen LogP contribution in [0.5, 0.6) is 0 Å². The standard InChI is InChI=1S/C25H20BrFN2O/c1-16-9-17(2)11-18(10-16)12-19-3-4-22(26)14-20(19)13-21(15-28)25(30)29-24-7-5-23(27)6-8-24/h3-11,13-14H,12H2,1-2H3,(H,29,30)/b21-13+. The highest BCUT2D eigenvalue weighted by Gasteiger charge is 2.12. The maximum atomic E-state index is 13.1. The summed E-state index contributed by atoms with van der Waals surface area (Å²) in [4.78, 5) is 12.6. The number of anilines is 1. The number of halogens is 2. The van der Waals surface area contributed by atoms with E-state index < -0.39 is 11.7 Å². The topological polar surface area (TPSA) is 52.9 Å². The molecule has 1 amide bonds. The van der Waals surface area contributed by atoms with Crippen molar-refractivity contribution >= 4 is 33.6 Å². The Balaban J connectivity index is 1.91. The molecule has 3 nitrogen and oxygen atoms in total. The molecule has 1 N–H and O–H groups in total. The lowest BCUT2D eigenvalue weighted by Crippen LogP contribution is -2.13. The minimum atomic E-state index is -0.540. The molecular formula is C25H20BrFN2O. The summed E-state index contributed by atoms with van der Waals surface area (Å²) in [5, 5.41) is 12.2. The highest BCUT2D eigenvalue weighted by Crippen LogP contribution is 2.23. The van der Waals surface area contributed by atoms with Gasteiger partial charge in [-0.25, -0.2) is 4.39 Å². The van der Waals surface area contributed by atoms with E-state index in [-0.39, 0.29) is 5.57 Å². The van der Waals surface area contributed by atoms with Gasteiger partial charge in [0, 0.05) is 10.2 Å². The number of benzene rings is 3. The van der Waals surface area contributed by atoms with Gasteiger partial charge in [0.25, 0.3) is 5.91 Å². The summed E-state index contributed by atoms with van der Waals surface area (Å²) in [5.41, 5.74) is 5.73. The summed E-state index contributed by atoms with van der Waals surface area (Å²) >= 11 is 3.47. The number of rotatable bonds is 5. The van der Waals surface area contributed by atoms with Gasteiger partial charge in [-0.15, -0.1) is 0 Å². The quantitative estimate of drug-likeness (QED) is 0.355. The molecule has 3 rings (SSSR count). The van der Waals surface area contributed by atoms with Crippen molar-refractivity contribution in [2.24, 2.45) is 0 Å². The Morgan fingerprint density at radius 1 is 1.07 bits per heavy atom. The van der Waals surface area contributed by atoms with E-state index in [9.17, 15) is 14.4 Å². The third-order valence-electron chi connectivity index (χ3n) is 4.55. The fourth-order valence-electron chi connectivity index (χ4n) is 3.29. The first kappa shape index (κ1) is 21.5. The molecule has 5 heteroatoms. The third kappa shape index (κ3) is 5.65. The van der Waals surface area contributed by atoms with Gasteiger partial charge in [-0.05, 0) is 79.4 Å². The van der Waals surface area contributed by atoms with Crippen molar-refractivity contribution in [3.63, 3.8) is 0 Å². The van der Waals surface area contributed by atoms with Gasteiger partial charge in [-0.1, -0.05) is 51.3 Å². The van der Waals surface area contributed by atoms with E-state index in [1.165, 1.54) is 41.0 Å². The number of nitrogens with one attached hydrogen (secondary N) is 1. The van der Waals surface area contributed by atoms with Gasteiger partial charge in [0.2, 0.25) is 0 Å². The number of nitriles is 1. The molecule has 0 fully saturated rings. The summed E-state index contributed by atoms with van der Waals surface area (Å²) < 4.78 is 13.9. The number of carbonyl (C=O) groups is 1. The molecule has 0 aliphatic rings. The second-order valence-electron chi connectivity index (χ2n) is 7.15. The molecule has 0 saturated carbocycles. The predicted octanol–water partition coefficient (Wildman–Crippen LogP) is 6.34. The van der Waals surface area contributed by atoms with Crippen LogP contribution in [0.15, 0.2) is 70.7 Å². The largest absolute Gasteiger partial charge is 0.321 e. The molecule has 0 heterocycles. The molecule has 0 atom stereocenters. The average molecular weight is 463 g/mol. The minimum absolute atomic E-state index is 0.0286. The van der Waals surface area contributed by atoms with Gasteiger partial charge in [-0.2, -0.15) is 5.26 Å². The van der Waals surface area contributed by atoms with Crippen LogP contribution in [0.25, 0.3) is 6.08 Å². The summed E-state index contributed by atoms with van der Waals surface area (Å²) in [6, 6.07) is 19.6. The van der Waals surface area contributed by atoms with E-state index in [0.29, 0.717) is 12.1 Å². The summed E-state index contributed by atoms with van der Waals surface area (Å²) in [7, 11) is 0. The lowest BCUT2D eigenvalue weighted by atomic mass is 9.96. The van der Waals surface area contributed by atoms with Crippen LogP contribution >= 0.6 is 15.9 Å². The van der Waals surface area contributed by atoms with E-state index in [2.05, 4.69) is 53.3 Å². The van der Waals surface area contributed by atoms with Gasteiger partial charge in [0.1, 0.15) is 17.5 Å². The number of aryl methyl sites for hydroxylation is 2. The summed E-state index contributed by atoms with van der Waals surface area (Å²) in [6.07, 6.45) is 2.27. The van der Waals surface area contributed by atoms with Crippen molar-refractivity contribution in [2.45, 2.75) is 20.3 Å². The van der Waals surface area contributed by atoms with Gasteiger partial charge in [0.15, 0.2) is 0 Å². The average Bonchev–Trinajstić information content (AvgIpc) is 2.69. The number of hydrogen-bond acceptors (Lipinski definition) is 2. The monoisotopic (exact) mass is 462 g/mol. The number of nitrogens with zero attached hydrogens (tertiary/aromatic N) is 1. The number of carbonyl (C=O) groups excluding carboxylic acids is 1. The molecule has 30 heavy (non-hydrogen) atoms. The second-order valence-corrected chi connectivity index (χ2v) is 8.06. The molecule has 0 unspecified atom stereocenters. The van der Waals surface area contributed by atoms with Crippen LogP contribution in [0.4, 0.5) is 10.1 Å². The molecule has 0 aliphatic carbocycles. The van der Waals surface area contributed by atoms with Crippen LogP contribution < -0.4 is 5.32 Å². The number of amides is 1. The van der Waals surface area contributed by atoms with E-state index in [1.54, 1.807) is 6.08 Å². The fourth-order valence-corrected chi connectivity index (χ4v) is 3.67. The van der Waals surface area contributed by atoms with E-state index in [4.69, 9.17) is 0 Å². The van der Waals surface area contributed by atoms with Crippen LogP contribution in [0.2, 0.25) is 0 Å². The fraction of sp³-hybridized carbons (Fsp3) is 0.120. The Kier molecular flexibility index (Phi) is 6.81. The first-order chi connectivity index (χ1) is 14.3. The molecule has 150 valence electrons. The smallest absolute Gasteiger partial charge is 0.266 e. The van der Waals surface area contributed by atoms with Crippen LogP contribution in [0.1, 0.15) is 27.8 Å². The van der Waals surface area contributed by atoms with Crippen molar-refractivity contribution in [1.29, 1.82) is 5.26 Å². The first-order valence-corrected chi connectivity index (χ1v) is 10.2. The Hall–Kier alpha value is -3.23. The zero-order valence-corrected chi connectivity index (χ0v) is 18.3. The van der Waals surface area contributed by atoms with Crippen LogP contribution in [-0.2, 0) is 11.2 Å². The van der Waals surface area contributed by atoms with Gasteiger partial charge >= 0.3 is 0 Å². The van der Waals surface area contributed by atoms with Crippen LogP contribution in [0.3, 0.4) is 0 Å². The molecular weight excluding hydrogens is 443 g/mol. The van der Waals surface area contributed by atoms with Crippen molar-refractivity contribution in [2.75, 3.05) is 5.32 Å². The van der Waals surface area contributed by atoms with E-state index >= 15 is 0 Å². The third-order valence-corrected chi connectivity index (χ3v) is 5.04. The zero-order chi connectivity index (χ0) is 21.7. The van der Waals surface area contributed by atoms with Crippen molar-refractivity contribution < 1.29 is 9.18 Å². The maximum absolute atomic E-state index is 13.1. The Morgan fingerprint density at radius 2 is 1.73 bits per heavy atom. The first-order valence-electron chi connectivity index (χ1n) is 9.38. The molecule has 0 saturated heterocycles. The van der Waals surface area contributed by atoms with Gasteiger partial charge in [0.05, 0.1) is 0 Å². The second kappa shape index (κ2) is 9.51. The summed E-state index contributed by atoms with van der Waals surface area (Å²) in [6.45, 7) is 4.12. The minimum Gasteiger partial charge on any atom is -0.321 e. The Labute approximate surface area is 184 Å². The highest BCUT2D eigenvalue weighted by atomic mass is 79.9. The normalized spacial score (nSPS) is 11.1. The SMILES string of the molecule is Cc1cc(C)cc(Cc2ccc(Br)cc2/C=C(\C#N)C(=O)Nc2ccc(F)cc2)c1. The van der Waals surface area contributed by atoms with E-state index in [1.807, 2.05) is 24.3 Å².